The van der Waals surface area contributed by atoms with Crippen LogP contribution in [0.4, 0.5) is 23.7 Å². The van der Waals surface area contributed by atoms with E-state index in [1.165, 1.54) is 17.0 Å². The minimum Gasteiger partial charge on any atom is -0.375 e. The van der Waals surface area contributed by atoms with Crippen LogP contribution in [0.25, 0.3) is 0 Å². The summed E-state index contributed by atoms with van der Waals surface area (Å²) in [5, 5.41) is 16.3. The van der Waals surface area contributed by atoms with Crippen molar-refractivity contribution in [2.24, 2.45) is 5.92 Å². The van der Waals surface area contributed by atoms with Crippen LogP contribution >= 0.6 is 0 Å². The van der Waals surface area contributed by atoms with Gasteiger partial charge < -0.3 is 19.9 Å². The number of hydrogen-bond donors (Lipinski definition) is 1. The van der Waals surface area contributed by atoms with E-state index in [9.17, 15) is 22.8 Å². The summed E-state index contributed by atoms with van der Waals surface area (Å²) in [7, 11) is 1.63. The van der Waals surface area contributed by atoms with Gasteiger partial charge in [-0.3, -0.25) is 9.48 Å². The van der Waals surface area contributed by atoms with E-state index in [2.05, 4.69) is 10.4 Å². The molecule has 35 heavy (non-hydrogen) atoms. The molecule has 0 saturated heterocycles. The van der Waals surface area contributed by atoms with Crippen molar-refractivity contribution in [2.75, 3.05) is 32.1 Å². The minimum atomic E-state index is -2.56. The highest BCUT2D eigenvalue weighted by molar-refractivity contribution is 5.95. The number of benzene rings is 1. The van der Waals surface area contributed by atoms with E-state index in [0.29, 0.717) is 36.5 Å². The van der Waals surface area contributed by atoms with Gasteiger partial charge in [-0.25, -0.2) is 18.0 Å². The molecule has 1 N–H and O–H groups in total. The van der Waals surface area contributed by atoms with Crippen LogP contribution in [-0.2, 0) is 24.2 Å². The van der Waals surface area contributed by atoms with E-state index in [-0.39, 0.29) is 42.3 Å². The van der Waals surface area contributed by atoms with Crippen LogP contribution in [0.2, 0.25) is 0 Å². The van der Waals surface area contributed by atoms with Gasteiger partial charge in [0.05, 0.1) is 24.4 Å². The van der Waals surface area contributed by atoms with Gasteiger partial charge in [0.1, 0.15) is 24.2 Å². The lowest BCUT2D eigenvalue weighted by molar-refractivity contribution is -0.00113. The van der Waals surface area contributed by atoms with Gasteiger partial charge in [-0.05, 0) is 25.1 Å². The molecule has 1 aromatic carbocycles. The second-order valence-corrected chi connectivity index (χ2v) is 8.85. The maximum Gasteiger partial charge on any atom is 0.322 e. The molecule has 2 atom stereocenters. The number of fused-ring (bicyclic) bond motifs is 3. The van der Waals surface area contributed by atoms with Crippen molar-refractivity contribution in [3.8, 4) is 6.07 Å². The molecule has 0 bridgehead atoms. The number of ether oxygens (including phenoxy) is 1. The number of amides is 3. The van der Waals surface area contributed by atoms with Gasteiger partial charge in [0.15, 0.2) is 0 Å². The molecule has 0 saturated carbocycles. The van der Waals surface area contributed by atoms with Crippen molar-refractivity contribution < 1.29 is 27.5 Å². The third-order valence-electron chi connectivity index (χ3n) is 6.19. The fourth-order valence-corrected chi connectivity index (χ4v) is 4.50. The van der Waals surface area contributed by atoms with Crippen molar-refractivity contribution in [2.45, 2.75) is 38.9 Å². The number of nitrogens with one attached hydrogen (secondary N) is 1. The fraction of sp³-hybridized carbons (Fsp3) is 0.478. The Morgan fingerprint density at radius 1 is 1.37 bits per heavy atom. The maximum atomic E-state index is 13.6. The van der Waals surface area contributed by atoms with E-state index < -0.39 is 24.9 Å². The Labute approximate surface area is 200 Å². The number of halogens is 3. The molecule has 0 radical (unpaired) electrons. The highest BCUT2D eigenvalue weighted by atomic mass is 19.3. The standard InChI is InChI=1S/C23H25F3N6O3/c1-13-5-19-17(10-31(13)23(34)28-16-3-4-18(24)15(6-16)7-27)21-22(33)30(2)8-14(9-32(21)29-19)11-35-12-20(25)26/h3-4,6,13-14,20H,5,8-12H2,1-2H3,(H,28,34). The summed E-state index contributed by atoms with van der Waals surface area (Å²) in [5.74, 6) is -1.15. The normalized spacial score (nSPS) is 19.7. The maximum absolute atomic E-state index is 13.6. The second-order valence-electron chi connectivity index (χ2n) is 8.85. The quantitative estimate of drug-likeness (QED) is 0.694. The topological polar surface area (TPSA) is 103 Å². The van der Waals surface area contributed by atoms with Crippen LogP contribution in [0.5, 0.6) is 0 Å². The van der Waals surface area contributed by atoms with E-state index in [0.717, 1.165) is 6.07 Å². The van der Waals surface area contributed by atoms with Crippen LogP contribution in [0.15, 0.2) is 18.2 Å². The predicted molar refractivity (Wildman–Crippen MR) is 118 cm³/mol. The van der Waals surface area contributed by atoms with Crippen molar-refractivity contribution >= 4 is 17.6 Å². The summed E-state index contributed by atoms with van der Waals surface area (Å²) < 4.78 is 45.2. The lowest BCUT2D eigenvalue weighted by Crippen LogP contribution is -2.45. The molecular formula is C23H25F3N6O3. The number of alkyl halides is 2. The van der Waals surface area contributed by atoms with E-state index in [1.807, 2.05) is 6.92 Å². The number of carbonyl (C=O) groups excluding carboxylic acids is 2. The number of urea groups is 1. The van der Waals surface area contributed by atoms with Gasteiger partial charge in [0, 0.05) is 49.8 Å². The molecule has 0 fully saturated rings. The number of carbonyl (C=O) groups is 2. The second kappa shape index (κ2) is 9.95. The first-order valence-electron chi connectivity index (χ1n) is 11.1. The van der Waals surface area contributed by atoms with Gasteiger partial charge >= 0.3 is 6.03 Å². The zero-order chi connectivity index (χ0) is 25.3. The van der Waals surface area contributed by atoms with Crippen molar-refractivity contribution in [3.63, 3.8) is 0 Å². The molecule has 4 rings (SSSR count). The molecule has 0 aliphatic carbocycles. The van der Waals surface area contributed by atoms with Crippen molar-refractivity contribution in [1.29, 1.82) is 5.26 Å². The molecular weight excluding hydrogens is 465 g/mol. The number of rotatable bonds is 5. The average molecular weight is 490 g/mol. The number of nitriles is 1. The Morgan fingerprint density at radius 3 is 2.86 bits per heavy atom. The van der Waals surface area contributed by atoms with Crippen LogP contribution in [-0.4, -0.2) is 70.8 Å². The number of hydrogen-bond acceptors (Lipinski definition) is 5. The molecule has 3 amide bonds. The molecule has 0 spiro atoms. The Hall–Kier alpha value is -3.59. The predicted octanol–water partition coefficient (Wildman–Crippen LogP) is 2.86. The molecule has 9 nitrogen and oxygen atoms in total. The summed E-state index contributed by atoms with van der Waals surface area (Å²) in [5.41, 5.74) is 1.82. The molecule has 3 heterocycles. The molecule has 12 heteroatoms. The molecule has 2 unspecified atom stereocenters. The van der Waals surface area contributed by atoms with Gasteiger partial charge in [-0.1, -0.05) is 0 Å². The lowest BCUT2D eigenvalue weighted by atomic mass is 9.99. The number of nitrogens with zero attached hydrogens (tertiary/aromatic N) is 5. The molecule has 2 aliphatic heterocycles. The van der Waals surface area contributed by atoms with Crippen LogP contribution < -0.4 is 5.32 Å². The van der Waals surface area contributed by atoms with Crippen LogP contribution in [0.3, 0.4) is 0 Å². The summed E-state index contributed by atoms with van der Waals surface area (Å²) >= 11 is 0. The summed E-state index contributed by atoms with van der Waals surface area (Å²) in [4.78, 5) is 29.3. The van der Waals surface area contributed by atoms with Gasteiger partial charge in [0.2, 0.25) is 0 Å². The van der Waals surface area contributed by atoms with Crippen molar-refractivity contribution in [1.82, 2.24) is 19.6 Å². The molecule has 2 aliphatic rings. The first-order valence-corrected chi connectivity index (χ1v) is 11.1. The first-order chi connectivity index (χ1) is 16.7. The number of aromatic nitrogens is 2. The van der Waals surface area contributed by atoms with Gasteiger partial charge in [-0.2, -0.15) is 10.4 Å². The van der Waals surface area contributed by atoms with Crippen molar-refractivity contribution in [3.05, 3.63) is 46.5 Å². The SMILES string of the molecule is CC1Cc2nn3c(c2CN1C(=O)Nc1ccc(F)c(C#N)c1)C(=O)N(C)CC(COCC(F)F)C3. The van der Waals surface area contributed by atoms with E-state index >= 15 is 0 Å². The molecule has 2 aromatic rings. The summed E-state index contributed by atoms with van der Waals surface area (Å²) in [6.45, 7) is 2.05. The van der Waals surface area contributed by atoms with Crippen LogP contribution in [0.1, 0.15) is 34.2 Å². The Kier molecular flexibility index (Phi) is 6.98. The largest absolute Gasteiger partial charge is 0.375 e. The summed E-state index contributed by atoms with van der Waals surface area (Å²) in [6, 6.07) is 4.78. The Balaban J connectivity index is 1.55. The zero-order valence-corrected chi connectivity index (χ0v) is 19.3. The highest BCUT2D eigenvalue weighted by Gasteiger charge is 2.37. The Bertz CT molecular complexity index is 1180. The lowest BCUT2D eigenvalue weighted by Gasteiger charge is -2.33. The number of anilines is 1. The third-order valence-corrected chi connectivity index (χ3v) is 6.19. The van der Waals surface area contributed by atoms with Crippen LogP contribution in [0, 0.1) is 23.1 Å². The van der Waals surface area contributed by atoms with Gasteiger partial charge in [0.25, 0.3) is 12.3 Å². The minimum absolute atomic E-state index is 0.0687. The highest BCUT2D eigenvalue weighted by Crippen LogP contribution is 2.29. The van der Waals surface area contributed by atoms with Gasteiger partial charge in [-0.15, -0.1) is 0 Å². The molecule has 1 aromatic heterocycles. The Morgan fingerprint density at radius 2 is 2.14 bits per heavy atom. The monoisotopic (exact) mass is 490 g/mol. The summed E-state index contributed by atoms with van der Waals surface area (Å²) in [6.07, 6.45) is -2.15. The smallest absolute Gasteiger partial charge is 0.322 e. The fourth-order valence-electron chi connectivity index (χ4n) is 4.50. The average Bonchev–Trinajstić information content (AvgIpc) is 3.09. The van der Waals surface area contributed by atoms with E-state index in [1.54, 1.807) is 22.7 Å². The van der Waals surface area contributed by atoms with E-state index in [4.69, 9.17) is 10.00 Å². The zero-order valence-electron chi connectivity index (χ0n) is 19.3. The third kappa shape index (κ3) is 5.09. The first kappa shape index (κ1) is 24.5. The molecule has 186 valence electrons.